The van der Waals surface area contributed by atoms with Gasteiger partial charge in [-0.3, -0.25) is 0 Å². The third kappa shape index (κ3) is 4.48. The van der Waals surface area contributed by atoms with Gasteiger partial charge >= 0.3 is 0 Å². The topological polar surface area (TPSA) is 25.8 Å². The van der Waals surface area contributed by atoms with Gasteiger partial charge in [-0.2, -0.15) is 0 Å². The van der Waals surface area contributed by atoms with Gasteiger partial charge in [0.05, 0.1) is 5.52 Å². The summed E-state index contributed by atoms with van der Waals surface area (Å²) in [6.45, 7) is 0. The number of benzene rings is 2. The molecule has 0 bridgehead atoms. The fraction of sp³-hybridized carbons (Fsp3) is 0.0667. The second-order valence-corrected chi connectivity index (χ2v) is 5.39. The van der Waals surface area contributed by atoms with Crippen molar-refractivity contribution in [2.75, 3.05) is 0 Å². The lowest BCUT2D eigenvalue weighted by Crippen LogP contribution is -1.90. The van der Waals surface area contributed by atoms with Crippen molar-refractivity contribution in [1.82, 2.24) is 9.97 Å². The van der Waals surface area contributed by atoms with Crippen LogP contribution >= 0.6 is 48.2 Å². The van der Waals surface area contributed by atoms with E-state index in [1.807, 2.05) is 42.5 Å². The fourth-order valence-corrected chi connectivity index (χ4v) is 2.90. The number of hydrogen-bond donors (Lipinski definition) is 0. The first-order valence-electron chi connectivity index (χ1n) is 5.92. The first-order valence-corrected chi connectivity index (χ1v) is 7.28. The van der Waals surface area contributed by atoms with Gasteiger partial charge in [0.25, 0.3) is 0 Å². The molecule has 0 spiro atoms. The zero-order chi connectivity index (χ0) is 13.1. The fourth-order valence-electron chi connectivity index (χ4n) is 1.80. The number of halogens is 3. The van der Waals surface area contributed by atoms with Gasteiger partial charge in [-0.25, -0.2) is 9.97 Å². The maximum absolute atomic E-state index is 6.18. The molecule has 0 aliphatic carbocycles. The Morgan fingerprint density at radius 2 is 1.52 bits per heavy atom. The summed E-state index contributed by atoms with van der Waals surface area (Å²) < 4.78 is 0. The van der Waals surface area contributed by atoms with Crippen molar-refractivity contribution in [3.05, 3.63) is 65.3 Å². The number of hydrogen-bond acceptors (Lipinski definition) is 3. The zero-order valence-corrected chi connectivity index (χ0v) is 14.1. The van der Waals surface area contributed by atoms with Gasteiger partial charge < -0.3 is 0 Å². The van der Waals surface area contributed by atoms with Crippen LogP contribution < -0.4 is 0 Å². The lowest BCUT2D eigenvalue weighted by atomic mass is 10.2. The molecule has 2 aromatic carbocycles. The standard InChI is InChI=1S/C15H11ClN2S.2ClH/c16-14-12-8-4-5-9-13(12)17-15(18-14)19-10-11-6-2-1-3-7-11;;/h1-9H,10H2;2*1H. The molecule has 3 rings (SSSR count). The highest BCUT2D eigenvalue weighted by Gasteiger charge is 2.06. The SMILES string of the molecule is Cl.Cl.Clc1nc(SCc2ccccc2)nc2ccccc12. The number of thioether (sulfide) groups is 1. The summed E-state index contributed by atoms with van der Waals surface area (Å²) in [5, 5.41) is 2.13. The minimum absolute atomic E-state index is 0. The second-order valence-electron chi connectivity index (χ2n) is 4.09. The van der Waals surface area contributed by atoms with E-state index in [0.29, 0.717) is 10.3 Å². The van der Waals surface area contributed by atoms with Crippen molar-refractivity contribution in [2.24, 2.45) is 0 Å². The Labute approximate surface area is 145 Å². The minimum Gasteiger partial charge on any atom is -0.222 e. The summed E-state index contributed by atoms with van der Waals surface area (Å²) >= 11 is 7.78. The van der Waals surface area contributed by atoms with Crippen molar-refractivity contribution in [3.8, 4) is 0 Å². The van der Waals surface area contributed by atoms with Gasteiger partial charge in [-0.15, -0.1) is 24.8 Å². The van der Waals surface area contributed by atoms with Crippen molar-refractivity contribution in [1.29, 1.82) is 0 Å². The molecule has 0 unspecified atom stereocenters. The summed E-state index contributed by atoms with van der Waals surface area (Å²) in [5.41, 5.74) is 2.14. The molecule has 0 amide bonds. The monoisotopic (exact) mass is 358 g/mol. The zero-order valence-electron chi connectivity index (χ0n) is 10.9. The molecular weight excluding hydrogens is 347 g/mol. The number of para-hydroxylation sites is 1. The molecule has 0 saturated carbocycles. The lowest BCUT2D eigenvalue weighted by Gasteiger charge is -2.04. The molecule has 0 saturated heterocycles. The van der Waals surface area contributed by atoms with Gasteiger partial charge in [-0.1, -0.05) is 65.8 Å². The van der Waals surface area contributed by atoms with E-state index in [0.717, 1.165) is 16.7 Å². The Balaban J connectivity index is 0.00000110. The van der Waals surface area contributed by atoms with E-state index in [9.17, 15) is 0 Å². The molecule has 1 aromatic heterocycles. The van der Waals surface area contributed by atoms with Crippen LogP contribution in [0.4, 0.5) is 0 Å². The van der Waals surface area contributed by atoms with Gasteiger partial charge in [-0.05, 0) is 17.7 Å². The Bertz CT molecular complexity index is 708. The average Bonchev–Trinajstić information content (AvgIpc) is 2.46. The molecule has 0 N–H and O–H groups in total. The summed E-state index contributed by atoms with van der Waals surface area (Å²) in [7, 11) is 0. The molecule has 110 valence electrons. The average molecular weight is 360 g/mol. The van der Waals surface area contributed by atoms with Crippen LogP contribution in [0.15, 0.2) is 59.8 Å². The normalized spacial score (nSPS) is 9.76. The van der Waals surface area contributed by atoms with E-state index < -0.39 is 0 Å². The number of nitrogens with zero attached hydrogens (tertiary/aromatic N) is 2. The van der Waals surface area contributed by atoms with Crippen LogP contribution in [0.25, 0.3) is 10.9 Å². The molecule has 0 aliphatic rings. The minimum atomic E-state index is 0. The first-order chi connectivity index (χ1) is 9.33. The van der Waals surface area contributed by atoms with Crippen LogP contribution in [0.3, 0.4) is 0 Å². The van der Waals surface area contributed by atoms with Gasteiger partial charge in [0.15, 0.2) is 5.16 Å². The molecule has 0 fully saturated rings. The van der Waals surface area contributed by atoms with Gasteiger partial charge in [0.2, 0.25) is 0 Å². The molecule has 21 heavy (non-hydrogen) atoms. The quantitative estimate of drug-likeness (QED) is 0.355. The molecule has 6 heteroatoms. The summed E-state index contributed by atoms with van der Waals surface area (Å²) in [5.74, 6) is 0.843. The molecular formula is C15H13Cl3N2S. The number of fused-ring (bicyclic) bond motifs is 1. The van der Waals surface area contributed by atoms with Gasteiger partial charge in [0, 0.05) is 11.1 Å². The van der Waals surface area contributed by atoms with Crippen molar-refractivity contribution in [3.63, 3.8) is 0 Å². The lowest BCUT2D eigenvalue weighted by molar-refractivity contribution is 1.00. The summed E-state index contributed by atoms with van der Waals surface area (Å²) in [6, 6.07) is 18.0. The smallest absolute Gasteiger partial charge is 0.189 e. The van der Waals surface area contributed by atoms with Crippen molar-refractivity contribution < 1.29 is 0 Å². The highest BCUT2D eigenvalue weighted by atomic mass is 35.5. The third-order valence-corrected chi connectivity index (χ3v) is 3.95. The van der Waals surface area contributed by atoms with Crippen LogP contribution in [0.2, 0.25) is 5.15 Å². The van der Waals surface area contributed by atoms with E-state index in [2.05, 4.69) is 22.1 Å². The molecule has 2 nitrogen and oxygen atoms in total. The van der Waals surface area contributed by atoms with Gasteiger partial charge in [0.1, 0.15) is 5.15 Å². The highest BCUT2D eigenvalue weighted by Crippen LogP contribution is 2.25. The first kappa shape index (κ1) is 18.1. The second kappa shape index (κ2) is 8.44. The Morgan fingerprint density at radius 3 is 2.29 bits per heavy atom. The number of rotatable bonds is 3. The predicted molar refractivity (Wildman–Crippen MR) is 95.0 cm³/mol. The maximum Gasteiger partial charge on any atom is 0.189 e. The molecule has 0 aliphatic heterocycles. The third-order valence-electron chi connectivity index (χ3n) is 2.75. The molecule has 0 atom stereocenters. The largest absolute Gasteiger partial charge is 0.222 e. The van der Waals surface area contributed by atoms with Crippen LogP contribution in [0.5, 0.6) is 0 Å². The van der Waals surface area contributed by atoms with Crippen LogP contribution in [-0.4, -0.2) is 9.97 Å². The van der Waals surface area contributed by atoms with Crippen LogP contribution in [0.1, 0.15) is 5.56 Å². The van der Waals surface area contributed by atoms with Crippen LogP contribution in [0, 0.1) is 0 Å². The van der Waals surface area contributed by atoms with E-state index in [1.54, 1.807) is 11.8 Å². The molecule has 3 aromatic rings. The van der Waals surface area contributed by atoms with E-state index in [1.165, 1.54) is 5.56 Å². The summed E-state index contributed by atoms with van der Waals surface area (Å²) in [6.07, 6.45) is 0. The molecule has 1 heterocycles. The Kier molecular flexibility index (Phi) is 7.26. The predicted octanol–water partition coefficient (Wildman–Crippen LogP) is 5.42. The van der Waals surface area contributed by atoms with Crippen LogP contribution in [-0.2, 0) is 5.75 Å². The van der Waals surface area contributed by atoms with E-state index in [4.69, 9.17) is 11.6 Å². The maximum atomic E-state index is 6.18. The van der Waals surface area contributed by atoms with E-state index >= 15 is 0 Å². The Morgan fingerprint density at radius 1 is 0.857 bits per heavy atom. The van der Waals surface area contributed by atoms with E-state index in [-0.39, 0.29) is 24.8 Å². The van der Waals surface area contributed by atoms with Crippen molar-refractivity contribution >= 4 is 59.1 Å². The van der Waals surface area contributed by atoms with Crippen molar-refractivity contribution in [2.45, 2.75) is 10.9 Å². The highest BCUT2D eigenvalue weighted by molar-refractivity contribution is 7.98. The summed E-state index contributed by atoms with van der Waals surface area (Å²) in [4.78, 5) is 8.85. The Hall–Kier alpha value is -1.00. The number of aromatic nitrogens is 2. The molecule has 0 radical (unpaired) electrons.